The van der Waals surface area contributed by atoms with Gasteiger partial charge in [-0.25, -0.2) is 9.37 Å². The van der Waals surface area contributed by atoms with Gasteiger partial charge in [-0.15, -0.1) is 0 Å². The highest BCUT2D eigenvalue weighted by Crippen LogP contribution is 2.26. The molecule has 0 aliphatic rings. The van der Waals surface area contributed by atoms with Crippen molar-refractivity contribution >= 4 is 22.8 Å². The van der Waals surface area contributed by atoms with Gasteiger partial charge in [-0.3, -0.25) is 9.36 Å². The number of alkyl halides is 3. The first kappa shape index (κ1) is 18.3. The van der Waals surface area contributed by atoms with Crippen LogP contribution in [0.5, 0.6) is 5.75 Å². The molecule has 0 unspecified atom stereocenters. The number of rotatable bonds is 5. The standard InChI is InChI=1S/C16H13F4N3O2S/c1-2-26-15-22-13-10(5-6-21-13)14(24)23(15)9-3-4-12(11(17)7-9)25-8-16(18,19)20/h3-7,21H,2,8H2,1H3. The summed E-state index contributed by atoms with van der Waals surface area (Å²) in [6.45, 7) is 0.270. The van der Waals surface area contributed by atoms with Gasteiger partial charge in [0, 0.05) is 12.3 Å². The quantitative estimate of drug-likeness (QED) is 0.410. The Balaban J connectivity index is 2.06. The summed E-state index contributed by atoms with van der Waals surface area (Å²) >= 11 is 1.28. The summed E-state index contributed by atoms with van der Waals surface area (Å²) in [5.74, 6) is -0.923. The molecule has 0 spiro atoms. The second-order valence-electron chi connectivity index (χ2n) is 5.23. The molecule has 0 aliphatic heterocycles. The average molecular weight is 387 g/mol. The first-order valence-electron chi connectivity index (χ1n) is 7.52. The zero-order valence-electron chi connectivity index (χ0n) is 13.4. The van der Waals surface area contributed by atoms with Crippen LogP contribution in [0.2, 0.25) is 0 Å². The van der Waals surface area contributed by atoms with Crippen LogP contribution in [0.15, 0.2) is 40.4 Å². The minimum Gasteiger partial charge on any atom is -0.481 e. The molecule has 2 aromatic heterocycles. The summed E-state index contributed by atoms with van der Waals surface area (Å²) in [6.07, 6.45) is -3.01. The molecule has 0 amide bonds. The van der Waals surface area contributed by atoms with Crippen molar-refractivity contribution in [3.8, 4) is 11.4 Å². The highest BCUT2D eigenvalue weighted by atomic mass is 32.2. The number of hydrogen-bond donors (Lipinski definition) is 1. The summed E-state index contributed by atoms with van der Waals surface area (Å²) in [7, 11) is 0. The second kappa shape index (κ2) is 7.02. The van der Waals surface area contributed by atoms with Crippen molar-refractivity contribution in [2.45, 2.75) is 18.3 Å². The Hall–Kier alpha value is -2.49. The van der Waals surface area contributed by atoms with E-state index >= 15 is 0 Å². The van der Waals surface area contributed by atoms with E-state index < -0.39 is 29.9 Å². The maximum absolute atomic E-state index is 14.2. The van der Waals surface area contributed by atoms with Gasteiger partial charge < -0.3 is 9.72 Å². The van der Waals surface area contributed by atoms with E-state index in [1.807, 2.05) is 6.92 Å². The number of ether oxygens (including phenoxy) is 1. The Labute approximate surface area is 149 Å². The van der Waals surface area contributed by atoms with E-state index in [9.17, 15) is 22.4 Å². The molecule has 10 heteroatoms. The molecule has 0 aliphatic carbocycles. The smallest absolute Gasteiger partial charge is 0.422 e. The van der Waals surface area contributed by atoms with Crippen molar-refractivity contribution < 1.29 is 22.3 Å². The molecule has 0 bridgehead atoms. The molecule has 3 aromatic rings. The molecule has 3 rings (SSSR count). The molecule has 2 heterocycles. The monoisotopic (exact) mass is 387 g/mol. The number of halogens is 4. The number of benzene rings is 1. The van der Waals surface area contributed by atoms with Crippen LogP contribution in [0.1, 0.15) is 6.92 Å². The van der Waals surface area contributed by atoms with Crippen molar-refractivity contribution in [2.75, 3.05) is 12.4 Å². The molecular weight excluding hydrogens is 374 g/mol. The van der Waals surface area contributed by atoms with Gasteiger partial charge >= 0.3 is 6.18 Å². The van der Waals surface area contributed by atoms with E-state index in [4.69, 9.17) is 0 Å². The summed E-state index contributed by atoms with van der Waals surface area (Å²) in [4.78, 5) is 19.9. The van der Waals surface area contributed by atoms with Crippen molar-refractivity contribution in [1.82, 2.24) is 14.5 Å². The highest BCUT2D eigenvalue weighted by Gasteiger charge is 2.29. The predicted octanol–water partition coefficient (Wildman–Crippen LogP) is 3.91. The van der Waals surface area contributed by atoms with Crippen molar-refractivity contribution in [3.05, 3.63) is 46.6 Å². The fraction of sp³-hybridized carbons (Fsp3) is 0.250. The van der Waals surface area contributed by atoms with E-state index in [1.54, 1.807) is 12.3 Å². The van der Waals surface area contributed by atoms with Crippen molar-refractivity contribution in [2.24, 2.45) is 0 Å². The number of thioether (sulfide) groups is 1. The minimum absolute atomic E-state index is 0.151. The van der Waals surface area contributed by atoms with Gasteiger partial charge in [0.05, 0.1) is 11.1 Å². The Kier molecular flexibility index (Phi) is 4.94. The number of hydrogen-bond acceptors (Lipinski definition) is 4. The number of nitrogens with one attached hydrogen (secondary N) is 1. The minimum atomic E-state index is -4.57. The lowest BCUT2D eigenvalue weighted by Gasteiger charge is -2.14. The van der Waals surface area contributed by atoms with E-state index in [1.165, 1.54) is 22.4 Å². The number of H-pyrrole nitrogens is 1. The lowest BCUT2D eigenvalue weighted by Crippen LogP contribution is -2.22. The normalized spacial score (nSPS) is 11.9. The Morgan fingerprint density at radius 3 is 2.73 bits per heavy atom. The molecule has 0 saturated heterocycles. The molecule has 138 valence electrons. The topological polar surface area (TPSA) is 59.9 Å². The summed E-state index contributed by atoms with van der Waals surface area (Å²) in [5.41, 5.74) is 0.154. The third-order valence-electron chi connectivity index (χ3n) is 3.40. The maximum Gasteiger partial charge on any atom is 0.422 e. The first-order valence-corrected chi connectivity index (χ1v) is 8.51. The molecule has 0 fully saturated rings. The van der Waals surface area contributed by atoms with Crippen LogP contribution in [0.4, 0.5) is 17.6 Å². The van der Waals surface area contributed by atoms with Gasteiger partial charge in [0.15, 0.2) is 23.3 Å². The lowest BCUT2D eigenvalue weighted by atomic mass is 10.2. The molecule has 0 radical (unpaired) electrons. The average Bonchev–Trinajstić information content (AvgIpc) is 3.02. The number of aromatic nitrogens is 3. The van der Waals surface area contributed by atoms with Crippen LogP contribution in [0.3, 0.4) is 0 Å². The van der Waals surface area contributed by atoms with Gasteiger partial charge in [-0.2, -0.15) is 13.2 Å². The van der Waals surface area contributed by atoms with Gasteiger partial charge in [0.25, 0.3) is 5.56 Å². The van der Waals surface area contributed by atoms with Crippen molar-refractivity contribution in [3.63, 3.8) is 0 Å². The SMILES string of the molecule is CCSc1nc2[nH]ccc2c(=O)n1-c1ccc(OCC(F)(F)F)c(F)c1. The first-order chi connectivity index (χ1) is 12.3. The fourth-order valence-electron chi connectivity index (χ4n) is 2.34. The highest BCUT2D eigenvalue weighted by molar-refractivity contribution is 7.99. The van der Waals surface area contributed by atoms with Gasteiger partial charge in [-0.1, -0.05) is 18.7 Å². The largest absolute Gasteiger partial charge is 0.481 e. The van der Waals surface area contributed by atoms with Crippen LogP contribution in [0.25, 0.3) is 16.7 Å². The number of fused-ring (bicyclic) bond motifs is 1. The second-order valence-corrected chi connectivity index (χ2v) is 6.46. The summed E-state index contributed by atoms with van der Waals surface area (Å²) in [5, 5.41) is 0.666. The molecule has 1 N–H and O–H groups in total. The van der Waals surface area contributed by atoms with Crippen LogP contribution in [-0.4, -0.2) is 33.1 Å². The Morgan fingerprint density at radius 1 is 1.31 bits per heavy atom. The van der Waals surface area contributed by atoms with Crippen LogP contribution < -0.4 is 10.3 Å². The van der Waals surface area contributed by atoms with E-state index in [2.05, 4.69) is 14.7 Å². The van der Waals surface area contributed by atoms with Crippen LogP contribution in [-0.2, 0) is 0 Å². The third-order valence-corrected chi connectivity index (χ3v) is 4.22. The van der Waals surface area contributed by atoms with Gasteiger partial charge in [-0.05, 0) is 24.0 Å². The fourth-order valence-corrected chi connectivity index (χ4v) is 3.07. The van der Waals surface area contributed by atoms with Gasteiger partial charge in [0.1, 0.15) is 5.65 Å². The Morgan fingerprint density at radius 2 is 2.08 bits per heavy atom. The Bertz CT molecular complexity index is 997. The molecule has 1 aromatic carbocycles. The molecule has 5 nitrogen and oxygen atoms in total. The van der Waals surface area contributed by atoms with Gasteiger partial charge in [0.2, 0.25) is 0 Å². The van der Waals surface area contributed by atoms with Crippen LogP contribution in [0, 0.1) is 5.82 Å². The zero-order valence-corrected chi connectivity index (χ0v) is 14.2. The molecule has 26 heavy (non-hydrogen) atoms. The third kappa shape index (κ3) is 3.69. The lowest BCUT2D eigenvalue weighted by molar-refractivity contribution is -0.153. The molecule has 0 atom stereocenters. The maximum atomic E-state index is 14.2. The summed E-state index contributed by atoms with van der Waals surface area (Å²) < 4.78 is 56.5. The molecular formula is C16H13F4N3O2S. The van der Waals surface area contributed by atoms with E-state index in [0.717, 1.165) is 12.1 Å². The summed E-state index contributed by atoms with van der Waals surface area (Å²) in [6, 6.07) is 4.88. The number of nitrogens with zero attached hydrogens (tertiary/aromatic N) is 2. The predicted molar refractivity (Wildman–Crippen MR) is 89.6 cm³/mol. The van der Waals surface area contributed by atoms with E-state index in [-0.39, 0.29) is 5.69 Å². The van der Waals surface area contributed by atoms with E-state index in [0.29, 0.717) is 21.9 Å². The molecule has 0 saturated carbocycles. The van der Waals surface area contributed by atoms with Crippen LogP contribution >= 0.6 is 11.8 Å². The van der Waals surface area contributed by atoms with Crippen molar-refractivity contribution in [1.29, 1.82) is 0 Å². The number of aromatic amines is 1. The zero-order chi connectivity index (χ0) is 18.9.